The van der Waals surface area contributed by atoms with Crippen molar-refractivity contribution in [1.82, 2.24) is 0 Å². The van der Waals surface area contributed by atoms with Gasteiger partial charge in [0.15, 0.2) is 0 Å². The van der Waals surface area contributed by atoms with Crippen LogP contribution in [-0.4, -0.2) is 26.6 Å². The van der Waals surface area contributed by atoms with Crippen LogP contribution in [0.2, 0.25) is 5.02 Å². The van der Waals surface area contributed by atoms with Crippen molar-refractivity contribution in [3.63, 3.8) is 0 Å². The second kappa shape index (κ2) is 7.13. The lowest BCUT2D eigenvalue weighted by atomic mass is 10.2. The Morgan fingerprint density at radius 2 is 2.12 bits per heavy atom. The Balaban J connectivity index is 1.74. The lowest BCUT2D eigenvalue weighted by Crippen LogP contribution is -2.38. The molecule has 2 aromatic rings. The Labute approximate surface area is 150 Å². The van der Waals surface area contributed by atoms with Gasteiger partial charge in [0.2, 0.25) is 15.9 Å². The first-order valence-electron chi connectivity index (χ1n) is 7.58. The minimum atomic E-state index is -3.31. The van der Waals surface area contributed by atoms with Gasteiger partial charge in [-0.05, 0) is 42.5 Å². The molecule has 8 heteroatoms. The van der Waals surface area contributed by atoms with Gasteiger partial charge < -0.3 is 5.32 Å². The van der Waals surface area contributed by atoms with Crippen molar-refractivity contribution in [2.24, 2.45) is 0 Å². The Morgan fingerprint density at radius 1 is 1.29 bits per heavy atom. The van der Waals surface area contributed by atoms with Gasteiger partial charge in [0, 0.05) is 17.1 Å². The van der Waals surface area contributed by atoms with Crippen molar-refractivity contribution in [3.8, 4) is 0 Å². The Bertz CT molecular complexity index is 835. The fourth-order valence-electron chi connectivity index (χ4n) is 2.62. The lowest BCUT2D eigenvalue weighted by Gasteiger charge is -2.29. The summed E-state index contributed by atoms with van der Waals surface area (Å²) in [4.78, 5) is 13.0. The molecule has 0 bridgehead atoms. The van der Waals surface area contributed by atoms with E-state index in [2.05, 4.69) is 5.32 Å². The fraction of sp³-hybridized carbons (Fsp3) is 0.312. The van der Waals surface area contributed by atoms with Crippen molar-refractivity contribution < 1.29 is 13.2 Å². The van der Waals surface area contributed by atoms with Gasteiger partial charge in [0.1, 0.15) is 0 Å². The number of hydrogen-bond acceptors (Lipinski definition) is 4. The van der Waals surface area contributed by atoms with E-state index in [0.717, 1.165) is 11.3 Å². The number of hydrogen-bond donors (Lipinski definition) is 1. The molecule has 1 N–H and O–H groups in total. The van der Waals surface area contributed by atoms with Gasteiger partial charge in [-0.3, -0.25) is 9.10 Å². The number of halogens is 1. The summed E-state index contributed by atoms with van der Waals surface area (Å²) in [6.45, 7) is 0.437. The average Bonchev–Trinajstić information content (AvgIpc) is 3.00. The summed E-state index contributed by atoms with van der Waals surface area (Å²) in [5.74, 6) is 0.00896. The molecule has 1 aliphatic rings. The average molecular weight is 385 g/mol. The van der Waals surface area contributed by atoms with Gasteiger partial charge in [-0.25, -0.2) is 8.42 Å². The van der Waals surface area contributed by atoms with E-state index in [1.54, 1.807) is 18.2 Å². The van der Waals surface area contributed by atoms with Crippen molar-refractivity contribution in [2.45, 2.75) is 19.3 Å². The van der Waals surface area contributed by atoms with E-state index in [4.69, 9.17) is 11.6 Å². The van der Waals surface area contributed by atoms with Crippen LogP contribution in [-0.2, 0) is 21.2 Å². The molecule has 1 aromatic carbocycles. The van der Waals surface area contributed by atoms with Gasteiger partial charge in [0.05, 0.1) is 22.9 Å². The van der Waals surface area contributed by atoms with Crippen molar-refractivity contribution in [3.05, 3.63) is 45.6 Å². The minimum absolute atomic E-state index is 0.133. The molecule has 5 nitrogen and oxygen atoms in total. The molecule has 1 aromatic heterocycles. The topological polar surface area (TPSA) is 66.5 Å². The molecule has 3 rings (SSSR count). The maximum Gasteiger partial charge on any atom is 0.235 e. The predicted molar refractivity (Wildman–Crippen MR) is 98.5 cm³/mol. The zero-order valence-electron chi connectivity index (χ0n) is 12.9. The van der Waals surface area contributed by atoms with Gasteiger partial charge in [-0.15, -0.1) is 11.3 Å². The number of anilines is 2. The van der Waals surface area contributed by atoms with Crippen molar-refractivity contribution >= 4 is 50.2 Å². The third-order valence-electron chi connectivity index (χ3n) is 3.76. The molecule has 0 radical (unpaired) electrons. The predicted octanol–water partition coefficient (Wildman–Crippen LogP) is 3.51. The smallest absolute Gasteiger partial charge is 0.235 e. The summed E-state index contributed by atoms with van der Waals surface area (Å²) in [6.07, 6.45) is 1.79. The number of sulfonamides is 1. The number of rotatable bonds is 4. The number of thiophene rings is 1. The molecule has 0 atom stereocenters. The molecule has 1 saturated heterocycles. The highest BCUT2D eigenvalue weighted by Gasteiger charge is 2.27. The maximum absolute atomic E-state index is 12.2. The standard InChI is InChI=1S/C16H17ClN2O3S2/c17-14-10-12(18-16(20)11-13-4-3-8-23-13)5-6-15(14)19-7-1-2-9-24(19,21)22/h3-6,8,10H,1-2,7,9,11H2,(H,18,20). The SMILES string of the molecule is O=C(Cc1cccs1)Nc1ccc(N2CCCCS2(=O)=O)c(Cl)c1. The minimum Gasteiger partial charge on any atom is -0.326 e. The largest absolute Gasteiger partial charge is 0.326 e. The first kappa shape index (κ1) is 17.3. The summed E-state index contributed by atoms with van der Waals surface area (Å²) < 4.78 is 25.7. The van der Waals surface area contributed by atoms with Crippen LogP contribution in [0.25, 0.3) is 0 Å². The van der Waals surface area contributed by atoms with Crippen LogP contribution in [0.15, 0.2) is 35.7 Å². The Hall–Kier alpha value is -1.57. The van der Waals surface area contributed by atoms with Gasteiger partial charge in [-0.2, -0.15) is 0 Å². The van der Waals surface area contributed by atoms with Crippen molar-refractivity contribution in [2.75, 3.05) is 21.9 Å². The normalized spacial score (nSPS) is 16.8. The third-order valence-corrected chi connectivity index (χ3v) is 6.80. The summed E-state index contributed by atoms with van der Waals surface area (Å²) in [6, 6.07) is 8.72. The zero-order chi connectivity index (χ0) is 17.2. The molecule has 0 spiro atoms. The number of carbonyl (C=O) groups is 1. The van der Waals surface area contributed by atoms with E-state index in [1.165, 1.54) is 15.6 Å². The number of benzene rings is 1. The highest BCUT2D eigenvalue weighted by atomic mass is 35.5. The van der Waals surface area contributed by atoms with Crippen LogP contribution in [0.3, 0.4) is 0 Å². The monoisotopic (exact) mass is 384 g/mol. The summed E-state index contributed by atoms with van der Waals surface area (Å²) in [5, 5.41) is 5.03. The van der Waals surface area contributed by atoms with Crippen LogP contribution in [0.1, 0.15) is 17.7 Å². The molecule has 24 heavy (non-hydrogen) atoms. The van der Waals surface area contributed by atoms with E-state index in [0.29, 0.717) is 35.8 Å². The molecular weight excluding hydrogens is 368 g/mol. The molecule has 0 aliphatic carbocycles. The van der Waals surface area contributed by atoms with Gasteiger partial charge >= 0.3 is 0 Å². The Kier molecular flexibility index (Phi) is 5.12. The summed E-state index contributed by atoms with van der Waals surface area (Å²) >= 11 is 7.79. The van der Waals surface area contributed by atoms with E-state index < -0.39 is 10.0 Å². The fourth-order valence-corrected chi connectivity index (χ4v) is 5.31. The van der Waals surface area contributed by atoms with E-state index in [9.17, 15) is 13.2 Å². The van der Waals surface area contributed by atoms with E-state index in [-0.39, 0.29) is 11.7 Å². The molecule has 2 heterocycles. The number of amides is 1. The lowest BCUT2D eigenvalue weighted by molar-refractivity contribution is -0.115. The summed E-state index contributed by atoms with van der Waals surface area (Å²) in [7, 11) is -3.31. The number of carbonyl (C=O) groups excluding carboxylic acids is 1. The quantitative estimate of drug-likeness (QED) is 0.877. The number of nitrogens with zero attached hydrogens (tertiary/aromatic N) is 1. The summed E-state index contributed by atoms with van der Waals surface area (Å²) in [5.41, 5.74) is 1.02. The Morgan fingerprint density at radius 3 is 2.79 bits per heavy atom. The highest BCUT2D eigenvalue weighted by Crippen LogP contribution is 2.32. The van der Waals surface area contributed by atoms with E-state index in [1.807, 2.05) is 17.5 Å². The maximum atomic E-state index is 12.2. The van der Waals surface area contributed by atoms with Crippen LogP contribution in [0, 0.1) is 0 Å². The zero-order valence-corrected chi connectivity index (χ0v) is 15.3. The second-order valence-corrected chi connectivity index (χ2v) is 9.02. The molecule has 128 valence electrons. The second-order valence-electron chi connectivity index (χ2n) is 5.57. The first-order valence-corrected chi connectivity index (χ1v) is 10.4. The highest BCUT2D eigenvalue weighted by molar-refractivity contribution is 7.92. The number of nitrogens with one attached hydrogen (secondary N) is 1. The van der Waals surface area contributed by atoms with Crippen LogP contribution in [0.4, 0.5) is 11.4 Å². The van der Waals surface area contributed by atoms with Gasteiger partial charge in [0.25, 0.3) is 0 Å². The van der Waals surface area contributed by atoms with Crippen LogP contribution < -0.4 is 9.62 Å². The van der Waals surface area contributed by atoms with Crippen LogP contribution in [0.5, 0.6) is 0 Å². The molecule has 1 amide bonds. The van der Waals surface area contributed by atoms with E-state index >= 15 is 0 Å². The molecule has 0 saturated carbocycles. The molecule has 0 unspecified atom stereocenters. The first-order chi connectivity index (χ1) is 11.5. The molecule has 1 fully saturated rings. The molecule has 1 aliphatic heterocycles. The van der Waals surface area contributed by atoms with Crippen LogP contribution >= 0.6 is 22.9 Å². The van der Waals surface area contributed by atoms with Gasteiger partial charge in [-0.1, -0.05) is 17.7 Å². The molecular formula is C16H17ClN2O3S2. The third kappa shape index (κ3) is 3.91. The van der Waals surface area contributed by atoms with Crippen molar-refractivity contribution in [1.29, 1.82) is 0 Å².